The Kier molecular flexibility index (Phi) is 2.16. The molecule has 4 nitrogen and oxygen atoms in total. The third-order valence-corrected chi connectivity index (χ3v) is 5.20. The number of benzene rings is 2. The molecular weight excluding hydrogens is 298 g/mol. The van der Waals surface area contributed by atoms with E-state index in [9.17, 15) is 13.2 Å². The molecule has 1 N–H and O–H groups in total. The molecule has 0 unspecified atom stereocenters. The van der Waals surface area contributed by atoms with E-state index in [0.29, 0.717) is 22.9 Å². The van der Waals surface area contributed by atoms with Crippen LogP contribution in [-0.4, -0.2) is 13.4 Å². The minimum Gasteiger partial charge on any atom is -0.321 e. The molecule has 0 aliphatic heterocycles. The summed E-state index contributed by atoms with van der Waals surface area (Å²) in [6.07, 6.45) is 0.475. The van der Waals surface area contributed by atoms with Gasteiger partial charge in [0.25, 0.3) is 14.6 Å². The second-order valence-corrected chi connectivity index (χ2v) is 7.41. The molecule has 1 aliphatic carbocycles. The topological polar surface area (TPSA) is 67.0 Å². The van der Waals surface area contributed by atoms with Gasteiger partial charge >= 0.3 is 0 Å². The zero-order valence-corrected chi connectivity index (χ0v) is 11.7. The van der Waals surface area contributed by atoms with E-state index in [0.717, 1.165) is 16.3 Å². The summed E-state index contributed by atoms with van der Waals surface area (Å²) in [6, 6.07) is 8.50. The van der Waals surface area contributed by atoms with Crippen LogP contribution in [0.3, 0.4) is 0 Å². The summed E-state index contributed by atoms with van der Waals surface area (Å²) in [5.41, 5.74) is 2.11. The summed E-state index contributed by atoms with van der Waals surface area (Å²) in [5.74, 6) is 0. The largest absolute Gasteiger partial charge is 0.321 e. The average molecular weight is 306 g/mol. The minimum absolute atomic E-state index is 0.121. The second kappa shape index (κ2) is 3.62. The molecule has 0 saturated carbocycles. The van der Waals surface area contributed by atoms with Gasteiger partial charge in [-0.3, -0.25) is 4.79 Å². The van der Waals surface area contributed by atoms with Crippen molar-refractivity contribution in [3.63, 3.8) is 0 Å². The van der Waals surface area contributed by atoms with Crippen LogP contribution >= 0.6 is 10.7 Å². The number of rotatable bonds is 1. The zero-order valence-electron chi connectivity index (χ0n) is 10.1. The van der Waals surface area contributed by atoms with Gasteiger partial charge < -0.3 is 4.98 Å². The van der Waals surface area contributed by atoms with E-state index in [2.05, 4.69) is 4.98 Å². The molecule has 1 aromatic heterocycles. The second-order valence-electron chi connectivity index (χ2n) is 4.87. The van der Waals surface area contributed by atoms with Gasteiger partial charge in [0.2, 0.25) is 0 Å². The van der Waals surface area contributed by atoms with Crippen LogP contribution < -0.4 is 5.56 Å². The van der Waals surface area contributed by atoms with E-state index in [1.54, 1.807) is 18.2 Å². The lowest BCUT2D eigenvalue weighted by molar-refractivity contribution is 0.609. The summed E-state index contributed by atoms with van der Waals surface area (Å²) >= 11 is 0. The molecule has 20 heavy (non-hydrogen) atoms. The predicted molar refractivity (Wildman–Crippen MR) is 77.9 cm³/mol. The lowest BCUT2D eigenvalue weighted by Crippen LogP contribution is -2.06. The molecule has 4 rings (SSSR count). The third-order valence-electron chi connectivity index (χ3n) is 3.79. The maximum Gasteiger partial charge on any atom is 0.261 e. The molecule has 0 atom stereocenters. The summed E-state index contributed by atoms with van der Waals surface area (Å²) in [7, 11) is 1.70. The van der Waals surface area contributed by atoms with Crippen molar-refractivity contribution >= 4 is 41.4 Å². The summed E-state index contributed by atoms with van der Waals surface area (Å²) in [6.45, 7) is 0. The molecule has 3 aromatic rings. The van der Waals surface area contributed by atoms with Crippen LogP contribution in [0.5, 0.6) is 0 Å². The van der Waals surface area contributed by atoms with Crippen molar-refractivity contribution in [3.05, 3.63) is 51.8 Å². The van der Waals surface area contributed by atoms with Crippen molar-refractivity contribution in [2.45, 2.75) is 11.3 Å². The molecule has 1 heterocycles. The van der Waals surface area contributed by atoms with E-state index in [1.807, 2.05) is 6.07 Å². The molecule has 6 heteroatoms. The molecule has 0 saturated heterocycles. The van der Waals surface area contributed by atoms with Crippen molar-refractivity contribution < 1.29 is 8.42 Å². The quantitative estimate of drug-likeness (QED) is 0.434. The van der Waals surface area contributed by atoms with E-state index in [-0.39, 0.29) is 10.5 Å². The molecule has 0 bridgehead atoms. The van der Waals surface area contributed by atoms with Crippen molar-refractivity contribution in [3.8, 4) is 0 Å². The number of aromatic nitrogens is 1. The van der Waals surface area contributed by atoms with E-state index in [1.165, 1.54) is 6.07 Å². The molecule has 2 aromatic carbocycles. The van der Waals surface area contributed by atoms with E-state index < -0.39 is 9.05 Å². The van der Waals surface area contributed by atoms with Crippen molar-refractivity contribution in [1.82, 2.24) is 4.98 Å². The molecule has 100 valence electrons. The Bertz CT molecular complexity index is 1070. The summed E-state index contributed by atoms with van der Waals surface area (Å²) in [5, 5.41) is 2.21. The summed E-state index contributed by atoms with van der Waals surface area (Å²) in [4.78, 5) is 15.0. The number of nitrogens with one attached hydrogen (secondary N) is 1. The van der Waals surface area contributed by atoms with Crippen molar-refractivity contribution in [2.75, 3.05) is 0 Å². The normalized spacial score (nSPS) is 13.7. The number of hydrogen-bond donors (Lipinski definition) is 1. The van der Waals surface area contributed by atoms with Crippen molar-refractivity contribution in [1.29, 1.82) is 0 Å². The van der Waals surface area contributed by atoms with Gasteiger partial charge in [-0.1, -0.05) is 12.1 Å². The smallest absolute Gasteiger partial charge is 0.261 e. The first-order valence-electron chi connectivity index (χ1n) is 6.01. The maximum absolute atomic E-state index is 12.1. The number of hydrogen-bond acceptors (Lipinski definition) is 3. The van der Waals surface area contributed by atoms with Gasteiger partial charge in [-0.25, -0.2) is 8.42 Å². The number of pyridine rings is 1. The van der Waals surface area contributed by atoms with Crippen LogP contribution in [-0.2, 0) is 15.5 Å². The van der Waals surface area contributed by atoms with Crippen LogP contribution in [0.2, 0.25) is 0 Å². The Morgan fingerprint density at radius 3 is 2.65 bits per heavy atom. The van der Waals surface area contributed by atoms with Crippen LogP contribution in [0.15, 0.2) is 40.0 Å². The fourth-order valence-corrected chi connectivity index (χ4v) is 4.17. The fourth-order valence-electron chi connectivity index (χ4n) is 3.03. The molecule has 0 radical (unpaired) electrons. The van der Waals surface area contributed by atoms with Gasteiger partial charge in [0, 0.05) is 38.8 Å². The standard InChI is InChI=1S/C14H8ClNO3S/c15-20(18,19)11-5-4-10-13-9(11)6-7-2-1-3-8(12(7)13)14(17)16-10/h1-5H,6H2,(H,16,17). The lowest BCUT2D eigenvalue weighted by atomic mass is 10.1. The molecule has 0 amide bonds. The third kappa shape index (κ3) is 1.42. The highest BCUT2D eigenvalue weighted by molar-refractivity contribution is 8.13. The summed E-state index contributed by atoms with van der Waals surface area (Å²) < 4.78 is 23.4. The number of H-pyrrole nitrogens is 1. The maximum atomic E-state index is 12.1. The minimum atomic E-state index is -3.81. The molecule has 0 fully saturated rings. The zero-order chi connectivity index (χ0) is 14.1. The lowest BCUT2D eigenvalue weighted by Gasteiger charge is -2.06. The number of halogens is 1. The number of aromatic amines is 1. The monoisotopic (exact) mass is 305 g/mol. The van der Waals surface area contributed by atoms with Gasteiger partial charge in [0.05, 0.1) is 4.90 Å². The van der Waals surface area contributed by atoms with Gasteiger partial charge in [-0.05, 0) is 29.3 Å². The molecular formula is C14H8ClNO3S. The SMILES string of the molecule is O=c1[nH]c2ccc(S(=O)(=O)Cl)c3c2c2c(cccc12)C3. The first kappa shape index (κ1) is 11.9. The van der Waals surface area contributed by atoms with Crippen LogP contribution in [0.1, 0.15) is 11.1 Å². The first-order chi connectivity index (χ1) is 9.47. The highest BCUT2D eigenvalue weighted by Crippen LogP contribution is 2.39. The first-order valence-corrected chi connectivity index (χ1v) is 8.32. The highest BCUT2D eigenvalue weighted by atomic mass is 35.7. The van der Waals surface area contributed by atoms with Crippen LogP contribution in [0.4, 0.5) is 0 Å². The van der Waals surface area contributed by atoms with Gasteiger partial charge in [0.15, 0.2) is 0 Å². The molecule has 0 spiro atoms. The van der Waals surface area contributed by atoms with Gasteiger partial charge in [-0.2, -0.15) is 0 Å². The van der Waals surface area contributed by atoms with Crippen molar-refractivity contribution in [2.24, 2.45) is 0 Å². The van der Waals surface area contributed by atoms with Gasteiger partial charge in [0.1, 0.15) is 0 Å². The fraction of sp³-hybridized carbons (Fsp3) is 0.0714. The molecule has 1 aliphatic rings. The van der Waals surface area contributed by atoms with E-state index >= 15 is 0 Å². The van der Waals surface area contributed by atoms with Crippen LogP contribution in [0, 0.1) is 0 Å². The van der Waals surface area contributed by atoms with Crippen LogP contribution in [0.25, 0.3) is 21.7 Å². The Balaban J connectivity index is 2.34. The van der Waals surface area contributed by atoms with Gasteiger partial charge in [-0.15, -0.1) is 0 Å². The Labute approximate surface area is 118 Å². The average Bonchev–Trinajstić information content (AvgIpc) is 2.76. The Morgan fingerprint density at radius 2 is 1.90 bits per heavy atom. The Hall–Kier alpha value is -1.85. The Morgan fingerprint density at radius 1 is 1.10 bits per heavy atom. The van der Waals surface area contributed by atoms with E-state index in [4.69, 9.17) is 10.7 Å². The highest BCUT2D eigenvalue weighted by Gasteiger charge is 2.25. The predicted octanol–water partition coefficient (Wildman–Crippen LogP) is 2.51.